The van der Waals surface area contributed by atoms with Gasteiger partial charge in [-0.05, 0) is 19.3 Å². The molecule has 0 bridgehead atoms. The van der Waals surface area contributed by atoms with Crippen molar-refractivity contribution in [1.29, 1.82) is 0 Å². The van der Waals surface area contributed by atoms with Gasteiger partial charge in [0.15, 0.2) is 0 Å². The second-order valence-electron chi connectivity index (χ2n) is 3.70. The van der Waals surface area contributed by atoms with Gasteiger partial charge < -0.3 is 9.47 Å². The van der Waals surface area contributed by atoms with Gasteiger partial charge in [0.2, 0.25) is 0 Å². The van der Waals surface area contributed by atoms with Gasteiger partial charge in [-0.3, -0.25) is 4.79 Å². The van der Waals surface area contributed by atoms with E-state index in [4.69, 9.17) is 4.74 Å². The van der Waals surface area contributed by atoms with Gasteiger partial charge in [-0.1, -0.05) is 20.4 Å². The molecule has 1 atom stereocenters. The number of ether oxygens (including phenoxy) is 2. The first-order valence-electron chi connectivity index (χ1n) is 5.45. The zero-order chi connectivity index (χ0) is 12.6. The molecule has 16 heavy (non-hydrogen) atoms. The maximum absolute atomic E-state index is 11.3. The zero-order valence-electron chi connectivity index (χ0n) is 10.2. The molecule has 4 heteroatoms. The maximum atomic E-state index is 11.3. The summed E-state index contributed by atoms with van der Waals surface area (Å²) in [4.78, 5) is 22.4. The van der Waals surface area contributed by atoms with E-state index in [1.165, 1.54) is 7.11 Å². The van der Waals surface area contributed by atoms with Crippen molar-refractivity contribution in [2.75, 3.05) is 13.7 Å². The van der Waals surface area contributed by atoms with Crippen LogP contribution in [0, 0.1) is 5.92 Å². The number of carbonyl (C=O) groups excluding carboxylic acids is 2. The van der Waals surface area contributed by atoms with E-state index in [9.17, 15) is 9.59 Å². The summed E-state index contributed by atoms with van der Waals surface area (Å²) in [5.74, 6) is -0.866. The van der Waals surface area contributed by atoms with Crippen LogP contribution >= 0.6 is 0 Å². The van der Waals surface area contributed by atoms with Crippen molar-refractivity contribution in [2.45, 2.75) is 33.1 Å². The van der Waals surface area contributed by atoms with Crippen LogP contribution in [0.5, 0.6) is 0 Å². The lowest BCUT2D eigenvalue weighted by Crippen LogP contribution is -2.14. The lowest BCUT2D eigenvalue weighted by atomic mass is 10.0. The Morgan fingerprint density at radius 3 is 2.50 bits per heavy atom. The molecular formula is C12H20O4. The van der Waals surface area contributed by atoms with Crippen molar-refractivity contribution < 1.29 is 19.1 Å². The average Bonchev–Trinajstić information content (AvgIpc) is 2.31. The molecule has 0 radical (unpaired) electrons. The van der Waals surface area contributed by atoms with E-state index >= 15 is 0 Å². The number of hydrogen-bond acceptors (Lipinski definition) is 4. The number of carbonyl (C=O) groups is 2. The highest BCUT2D eigenvalue weighted by molar-refractivity contribution is 5.87. The Kier molecular flexibility index (Phi) is 7.25. The third-order valence-corrected chi connectivity index (χ3v) is 2.21. The number of esters is 2. The van der Waals surface area contributed by atoms with Crippen molar-refractivity contribution in [1.82, 2.24) is 0 Å². The summed E-state index contributed by atoms with van der Waals surface area (Å²) in [7, 11) is 1.35. The molecule has 0 aliphatic heterocycles. The first-order valence-corrected chi connectivity index (χ1v) is 5.45. The molecule has 0 heterocycles. The molecule has 0 aliphatic carbocycles. The largest absolute Gasteiger partial charge is 0.469 e. The number of hydrogen-bond donors (Lipinski definition) is 0. The summed E-state index contributed by atoms with van der Waals surface area (Å²) in [6, 6.07) is 0. The van der Waals surface area contributed by atoms with Crippen LogP contribution in [0.2, 0.25) is 0 Å². The average molecular weight is 228 g/mol. The lowest BCUT2D eigenvalue weighted by molar-refractivity contribution is -0.145. The molecule has 0 aromatic carbocycles. The van der Waals surface area contributed by atoms with Crippen LogP contribution in [-0.4, -0.2) is 25.7 Å². The van der Waals surface area contributed by atoms with Crippen LogP contribution in [0.1, 0.15) is 33.1 Å². The van der Waals surface area contributed by atoms with E-state index in [1.54, 1.807) is 6.92 Å². The predicted molar refractivity (Wildman–Crippen MR) is 60.8 cm³/mol. The van der Waals surface area contributed by atoms with Gasteiger partial charge in [0.05, 0.1) is 19.6 Å². The summed E-state index contributed by atoms with van der Waals surface area (Å²) in [6.45, 7) is 7.73. The van der Waals surface area contributed by atoms with Crippen molar-refractivity contribution in [2.24, 2.45) is 5.92 Å². The minimum absolute atomic E-state index is 0.222. The smallest absolute Gasteiger partial charge is 0.333 e. The Labute approximate surface area is 96.6 Å². The van der Waals surface area contributed by atoms with Gasteiger partial charge in [-0.25, -0.2) is 4.79 Å². The van der Waals surface area contributed by atoms with Crippen LogP contribution in [0.15, 0.2) is 12.2 Å². The minimum Gasteiger partial charge on any atom is -0.469 e. The van der Waals surface area contributed by atoms with Crippen molar-refractivity contribution in [3.8, 4) is 0 Å². The highest BCUT2D eigenvalue weighted by atomic mass is 16.5. The van der Waals surface area contributed by atoms with E-state index < -0.39 is 0 Å². The second kappa shape index (κ2) is 7.91. The fourth-order valence-corrected chi connectivity index (χ4v) is 1.11. The molecule has 0 fully saturated rings. The zero-order valence-corrected chi connectivity index (χ0v) is 10.2. The first kappa shape index (κ1) is 14.7. The van der Waals surface area contributed by atoms with Crippen LogP contribution in [0.25, 0.3) is 0 Å². The molecule has 1 unspecified atom stereocenters. The van der Waals surface area contributed by atoms with Gasteiger partial charge in [-0.15, -0.1) is 0 Å². The SMILES string of the molecule is C=C(CCC(C)C(=O)OC)C(=O)OCCC. The van der Waals surface area contributed by atoms with Gasteiger partial charge >= 0.3 is 11.9 Å². The van der Waals surface area contributed by atoms with Crippen LogP contribution in [0.4, 0.5) is 0 Å². The van der Waals surface area contributed by atoms with Gasteiger partial charge in [0.1, 0.15) is 0 Å². The molecule has 0 saturated carbocycles. The third kappa shape index (κ3) is 5.53. The van der Waals surface area contributed by atoms with Crippen molar-refractivity contribution >= 4 is 11.9 Å². The molecule has 0 N–H and O–H groups in total. The van der Waals surface area contributed by atoms with Crippen molar-refractivity contribution in [3.63, 3.8) is 0 Å². The van der Waals surface area contributed by atoms with Crippen LogP contribution in [0.3, 0.4) is 0 Å². The van der Waals surface area contributed by atoms with E-state index in [-0.39, 0.29) is 17.9 Å². The minimum atomic E-state index is -0.376. The summed E-state index contributed by atoms with van der Waals surface area (Å²) in [5, 5.41) is 0. The quantitative estimate of drug-likeness (QED) is 0.494. The first-order chi connectivity index (χ1) is 7.52. The Morgan fingerprint density at radius 2 is 2.00 bits per heavy atom. The summed E-state index contributed by atoms with van der Waals surface area (Å²) >= 11 is 0. The highest BCUT2D eigenvalue weighted by Gasteiger charge is 2.15. The molecular weight excluding hydrogens is 208 g/mol. The maximum Gasteiger partial charge on any atom is 0.333 e. The number of methoxy groups -OCH3 is 1. The summed E-state index contributed by atoms with van der Waals surface area (Å²) in [5.41, 5.74) is 0.407. The molecule has 0 aromatic heterocycles. The van der Waals surface area contributed by atoms with E-state index in [1.807, 2.05) is 6.92 Å². The van der Waals surface area contributed by atoms with Crippen LogP contribution in [-0.2, 0) is 19.1 Å². The number of rotatable bonds is 7. The lowest BCUT2D eigenvalue weighted by Gasteiger charge is -2.10. The molecule has 0 spiro atoms. The second-order valence-corrected chi connectivity index (χ2v) is 3.70. The summed E-state index contributed by atoms with van der Waals surface area (Å²) in [6.07, 6.45) is 1.79. The normalized spacial score (nSPS) is 11.7. The van der Waals surface area contributed by atoms with Gasteiger partial charge in [0, 0.05) is 5.57 Å². The Balaban J connectivity index is 3.88. The molecule has 4 nitrogen and oxygen atoms in total. The highest BCUT2D eigenvalue weighted by Crippen LogP contribution is 2.13. The molecule has 0 aromatic rings. The molecule has 0 saturated heterocycles. The fourth-order valence-electron chi connectivity index (χ4n) is 1.11. The Bertz CT molecular complexity index is 258. The third-order valence-electron chi connectivity index (χ3n) is 2.21. The van der Waals surface area contributed by atoms with E-state index in [0.717, 1.165) is 6.42 Å². The monoisotopic (exact) mass is 228 g/mol. The van der Waals surface area contributed by atoms with Gasteiger partial charge in [0.25, 0.3) is 0 Å². The fraction of sp³-hybridized carbons (Fsp3) is 0.667. The van der Waals surface area contributed by atoms with Crippen molar-refractivity contribution in [3.05, 3.63) is 12.2 Å². The molecule has 0 aliphatic rings. The van der Waals surface area contributed by atoms with Crippen LogP contribution < -0.4 is 0 Å². The summed E-state index contributed by atoms with van der Waals surface area (Å²) < 4.78 is 9.50. The topological polar surface area (TPSA) is 52.6 Å². The van der Waals surface area contributed by atoms with E-state index in [2.05, 4.69) is 11.3 Å². The van der Waals surface area contributed by atoms with E-state index in [0.29, 0.717) is 25.0 Å². The Morgan fingerprint density at radius 1 is 1.38 bits per heavy atom. The molecule has 0 amide bonds. The molecule has 0 rings (SSSR count). The molecule has 92 valence electrons. The predicted octanol–water partition coefficient (Wildman–Crippen LogP) is 2.09. The Hall–Kier alpha value is -1.32. The standard InChI is InChI=1S/C12H20O4/c1-5-8-16-12(14)10(3)7-6-9(2)11(13)15-4/h9H,3,5-8H2,1-2,4H3. The van der Waals surface area contributed by atoms with Gasteiger partial charge in [-0.2, -0.15) is 0 Å².